The van der Waals surface area contributed by atoms with Gasteiger partial charge in [0.1, 0.15) is 0 Å². The third-order valence-corrected chi connectivity index (χ3v) is 2.84. The van der Waals surface area contributed by atoms with Gasteiger partial charge in [0.05, 0.1) is 0 Å². The summed E-state index contributed by atoms with van der Waals surface area (Å²) in [6.07, 6.45) is 0.961. The molecule has 1 N–H and O–H groups in total. The third kappa shape index (κ3) is 4.40. The van der Waals surface area contributed by atoms with Crippen LogP contribution in [-0.2, 0) is 0 Å². The molecule has 0 unspecified atom stereocenters. The van der Waals surface area contributed by atoms with Gasteiger partial charge >= 0.3 is 0 Å². The monoisotopic (exact) mass is 227 g/mol. The molecule has 1 rings (SSSR count). The van der Waals surface area contributed by atoms with E-state index in [2.05, 4.69) is 15.2 Å². The van der Waals surface area contributed by atoms with Crippen LogP contribution in [0.1, 0.15) is 21.9 Å². The van der Waals surface area contributed by atoms with Gasteiger partial charge in [0.2, 0.25) is 0 Å². The Hall–Kier alpha value is -0.940. The number of rotatable bonds is 5. The predicted molar refractivity (Wildman–Crippen MR) is 62.4 cm³/mol. The van der Waals surface area contributed by atoms with E-state index in [1.807, 2.05) is 26.4 Å². The quantitative estimate of drug-likeness (QED) is 0.767. The number of hydrogen-bond donors (Lipinski definition) is 1. The standard InChI is InChI=1S/C10H17N3OS/c1-8-7-15-10(12-8)9(14)11-5-4-6-13(2)3/h7H,4-6H2,1-3H3,(H,11,14). The molecule has 84 valence electrons. The molecular weight excluding hydrogens is 210 g/mol. The van der Waals surface area contributed by atoms with E-state index in [9.17, 15) is 4.79 Å². The molecule has 15 heavy (non-hydrogen) atoms. The number of nitrogens with zero attached hydrogens (tertiary/aromatic N) is 2. The van der Waals surface area contributed by atoms with Gasteiger partial charge in [0.25, 0.3) is 5.91 Å². The van der Waals surface area contributed by atoms with Crippen LogP contribution in [-0.4, -0.2) is 43.0 Å². The van der Waals surface area contributed by atoms with Gasteiger partial charge in [-0.2, -0.15) is 0 Å². The second kappa shape index (κ2) is 5.82. The van der Waals surface area contributed by atoms with E-state index in [1.54, 1.807) is 0 Å². The highest BCUT2D eigenvalue weighted by atomic mass is 32.1. The van der Waals surface area contributed by atoms with Crippen molar-refractivity contribution in [1.29, 1.82) is 0 Å². The van der Waals surface area contributed by atoms with Gasteiger partial charge in [-0.3, -0.25) is 4.79 Å². The smallest absolute Gasteiger partial charge is 0.280 e. The number of thiazole rings is 1. The zero-order chi connectivity index (χ0) is 11.3. The van der Waals surface area contributed by atoms with Crippen molar-refractivity contribution in [2.45, 2.75) is 13.3 Å². The molecule has 0 aliphatic carbocycles. The Kier molecular flexibility index (Phi) is 4.71. The van der Waals surface area contributed by atoms with Crippen molar-refractivity contribution in [3.05, 3.63) is 16.1 Å². The molecule has 0 aliphatic rings. The Morgan fingerprint density at radius 1 is 1.60 bits per heavy atom. The van der Waals surface area contributed by atoms with Crippen LogP contribution in [0.2, 0.25) is 0 Å². The van der Waals surface area contributed by atoms with E-state index >= 15 is 0 Å². The summed E-state index contributed by atoms with van der Waals surface area (Å²) in [5.41, 5.74) is 0.901. The van der Waals surface area contributed by atoms with Crippen molar-refractivity contribution < 1.29 is 4.79 Å². The Balaban J connectivity index is 2.25. The Morgan fingerprint density at radius 3 is 2.87 bits per heavy atom. The van der Waals surface area contributed by atoms with Gasteiger partial charge in [0, 0.05) is 17.6 Å². The number of carbonyl (C=O) groups is 1. The highest BCUT2D eigenvalue weighted by Crippen LogP contribution is 2.07. The Morgan fingerprint density at radius 2 is 2.33 bits per heavy atom. The average molecular weight is 227 g/mol. The Bertz CT molecular complexity index is 322. The minimum Gasteiger partial charge on any atom is -0.350 e. The molecule has 1 aromatic heterocycles. The van der Waals surface area contributed by atoms with Crippen LogP contribution in [0.25, 0.3) is 0 Å². The molecule has 0 atom stereocenters. The maximum atomic E-state index is 11.5. The first-order chi connectivity index (χ1) is 7.09. The molecule has 0 aliphatic heterocycles. The first kappa shape index (κ1) is 12.1. The Labute approximate surface area is 94.3 Å². The SMILES string of the molecule is Cc1csc(C(=O)NCCCN(C)C)n1. The molecule has 5 heteroatoms. The van der Waals surface area contributed by atoms with Gasteiger partial charge in [-0.15, -0.1) is 11.3 Å². The second-order valence-corrected chi connectivity index (χ2v) is 4.56. The maximum absolute atomic E-state index is 11.5. The van der Waals surface area contributed by atoms with E-state index < -0.39 is 0 Å². The molecule has 1 aromatic rings. The largest absolute Gasteiger partial charge is 0.350 e. The molecule has 0 saturated carbocycles. The number of nitrogens with one attached hydrogen (secondary N) is 1. The fourth-order valence-electron chi connectivity index (χ4n) is 1.13. The van der Waals surface area contributed by atoms with Crippen molar-refractivity contribution in [2.24, 2.45) is 0 Å². The van der Waals surface area contributed by atoms with Gasteiger partial charge in [-0.05, 0) is 34.0 Å². The average Bonchev–Trinajstić information content (AvgIpc) is 2.59. The molecule has 0 radical (unpaired) electrons. The van der Waals surface area contributed by atoms with Crippen molar-refractivity contribution in [1.82, 2.24) is 15.2 Å². The van der Waals surface area contributed by atoms with Crippen LogP contribution in [0.15, 0.2) is 5.38 Å². The molecular formula is C10H17N3OS. The number of hydrogen-bond acceptors (Lipinski definition) is 4. The van der Waals surface area contributed by atoms with Crippen LogP contribution in [0.4, 0.5) is 0 Å². The fourth-order valence-corrected chi connectivity index (χ4v) is 1.84. The number of carbonyl (C=O) groups excluding carboxylic acids is 1. The summed E-state index contributed by atoms with van der Waals surface area (Å²) >= 11 is 1.39. The summed E-state index contributed by atoms with van der Waals surface area (Å²) in [4.78, 5) is 17.7. The highest BCUT2D eigenvalue weighted by Gasteiger charge is 2.08. The third-order valence-electron chi connectivity index (χ3n) is 1.88. The summed E-state index contributed by atoms with van der Waals surface area (Å²) in [6, 6.07) is 0. The molecule has 1 amide bonds. The molecule has 0 spiro atoms. The first-order valence-corrected chi connectivity index (χ1v) is 5.82. The van der Waals surface area contributed by atoms with Crippen molar-refractivity contribution >= 4 is 17.2 Å². The number of amides is 1. The van der Waals surface area contributed by atoms with Crippen LogP contribution < -0.4 is 5.32 Å². The van der Waals surface area contributed by atoms with Crippen molar-refractivity contribution in [2.75, 3.05) is 27.2 Å². The topological polar surface area (TPSA) is 45.2 Å². The molecule has 1 heterocycles. The summed E-state index contributed by atoms with van der Waals surface area (Å²) in [6.45, 7) is 3.58. The molecule has 0 bridgehead atoms. The van der Waals surface area contributed by atoms with E-state index in [4.69, 9.17) is 0 Å². The van der Waals surface area contributed by atoms with Crippen molar-refractivity contribution in [3.8, 4) is 0 Å². The van der Waals surface area contributed by atoms with Crippen LogP contribution in [0.5, 0.6) is 0 Å². The maximum Gasteiger partial charge on any atom is 0.280 e. The van der Waals surface area contributed by atoms with Gasteiger partial charge in [-0.25, -0.2) is 4.98 Å². The van der Waals surface area contributed by atoms with Crippen molar-refractivity contribution in [3.63, 3.8) is 0 Å². The fraction of sp³-hybridized carbons (Fsp3) is 0.600. The zero-order valence-corrected chi connectivity index (χ0v) is 10.2. The first-order valence-electron chi connectivity index (χ1n) is 4.94. The van der Waals surface area contributed by atoms with E-state index in [0.29, 0.717) is 11.6 Å². The second-order valence-electron chi connectivity index (χ2n) is 3.71. The lowest BCUT2D eigenvalue weighted by atomic mass is 10.4. The summed E-state index contributed by atoms with van der Waals surface area (Å²) in [5, 5.41) is 5.29. The zero-order valence-electron chi connectivity index (χ0n) is 9.41. The minimum atomic E-state index is -0.0631. The van der Waals surface area contributed by atoms with Gasteiger partial charge in [-0.1, -0.05) is 0 Å². The lowest BCUT2D eigenvalue weighted by molar-refractivity contribution is 0.0952. The van der Waals surface area contributed by atoms with E-state index in [-0.39, 0.29) is 5.91 Å². The van der Waals surface area contributed by atoms with E-state index in [0.717, 1.165) is 18.7 Å². The van der Waals surface area contributed by atoms with Crippen LogP contribution in [0.3, 0.4) is 0 Å². The van der Waals surface area contributed by atoms with E-state index in [1.165, 1.54) is 11.3 Å². The number of aryl methyl sites for hydroxylation is 1. The highest BCUT2D eigenvalue weighted by molar-refractivity contribution is 7.11. The van der Waals surface area contributed by atoms with Gasteiger partial charge < -0.3 is 10.2 Å². The molecule has 0 aromatic carbocycles. The van der Waals surface area contributed by atoms with Gasteiger partial charge in [0.15, 0.2) is 5.01 Å². The number of aromatic nitrogens is 1. The normalized spacial score (nSPS) is 10.7. The summed E-state index contributed by atoms with van der Waals surface area (Å²) in [7, 11) is 4.04. The molecule has 4 nitrogen and oxygen atoms in total. The lowest BCUT2D eigenvalue weighted by Gasteiger charge is -2.08. The molecule has 0 saturated heterocycles. The minimum absolute atomic E-state index is 0.0631. The molecule has 0 fully saturated rings. The lowest BCUT2D eigenvalue weighted by Crippen LogP contribution is -2.27. The summed E-state index contributed by atoms with van der Waals surface area (Å²) < 4.78 is 0. The van der Waals surface area contributed by atoms with Crippen LogP contribution in [0, 0.1) is 6.92 Å². The predicted octanol–water partition coefficient (Wildman–Crippen LogP) is 1.13. The van der Waals surface area contributed by atoms with Crippen LogP contribution >= 0.6 is 11.3 Å². The summed E-state index contributed by atoms with van der Waals surface area (Å²) in [5.74, 6) is -0.0631.